The number of pyridine rings is 2. The van der Waals surface area contributed by atoms with Crippen LogP contribution in [0, 0.1) is 11.2 Å². The Morgan fingerprint density at radius 3 is 2.53 bits per heavy atom. The number of carboxylic acids is 1. The third-order valence-electron chi connectivity index (χ3n) is 5.64. The van der Waals surface area contributed by atoms with Crippen molar-refractivity contribution in [1.82, 2.24) is 9.55 Å². The SMILES string of the molecule is CO/N=C1/CN(c2nc3c(cc2F)c(=O)c(C(=O)O)cn3C2CC2)C[C@@]1(C)CN.O=P(O)(O)O. The molecule has 0 radical (unpaired) electrons. The number of aromatic carboxylic acids is 1. The molecule has 1 saturated heterocycles. The number of oxime groups is 1. The van der Waals surface area contributed by atoms with Crippen molar-refractivity contribution in [2.45, 2.75) is 25.8 Å². The second kappa shape index (κ2) is 9.39. The molecule has 1 aliphatic heterocycles. The van der Waals surface area contributed by atoms with Crippen molar-refractivity contribution in [1.29, 1.82) is 0 Å². The predicted octanol–water partition coefficient (Wildman–Crippen LogP) is 0.428. The Morgan fingerprint density at radius 2 is 2.03 bits per heavy atom. The van der Waals surface area contributed by atoms with Crippen molar-refractivity contribution >= 4 is 36.4 Å². The van der Waals surface area contributed by atoms with E-state index in [0.717, 1.165) is 18.9 Å². The molecule has 1 aliphatic carbocycles. The van der Waals surface area contributed by atoms with Gasteiger partial charge in [-0.25, -0.2) is 18.7 Å². The molecular weight excluding hydrogens is 476 g/mol. The molecule has 13 nitrogen and oxygen atoms in total. The minimum atomic E-state index is -4.64. The van der Waals surface area contributed by atoms with Gasteiger partial charge in [0, 0.05) is 30.7 Å². The fraction of sp³-hybridized carbons (Fsp3) is 0.474. The molecule has 0 aromatic carbocycles. The van der Waals surface area contributed by atoms with E-state index in [1.165, 1.54) is 13.3 Å². The van der Waals surface area contributed by atoms with Crippen LogP contribution in [0.15, 0.2) is 22.2 Å². The summed E-state index contributed by atoms with van der Waals surface area (Å²) in [6, 6.07) is 1.14. The summed E-state index contributed by atoms with van der Waals surface area (Å²) in [6.45, 7) is 2.90. The zero-order valence-electron chi connectivity index (χ0n) is 18.4. The summed E-state index contributed by atoms with van der Waals surface area (Å²) in [6.07, 6.45) is 3.02. The normalized spacial score (nSPS) is 21.5. The first-order chi connectivity index (χ1) is 15.8. The Morgan fingerprint density at radius 1 is 1.41 bits per heavy atom. The maximum Gasteiger partial charge on any atom is 0.466 e. The van der Waals surface area contributed by atoms with Crippen molar-refractivity contribution in [3.8, 4) is 0 Å². The van der Waals surface area contributed by atoms with Gasteiger partial charge in [0.15, 0.2) is 11.6 Å². The van der Waals surface area contributed by atoms with Gasteiger partial charge in [-0.1, -0.05) is 12.1 Å². The number of hydrogen-bond donors (Lipinski definition) is 5. The number of fused-ring (bicyclic) bond motifs is 1. The lowest BCUT2D eigenvalue weighted by Crippen LogP contribution is -2.36. The fourth-order valence-corrected chi connectivity index (χ4v) is 3.76. The Hall–Kier alpha value is -2.90. The molecule has 34 heavy (non-hydrogen) atoms. The number of aromatic nitrogens is 2. The lowest BCUT2D eigenvalue weighted by Gasteiger charge is -2.23. The smallest absolute Gasteiger partial charge is 0.466 e. The average molecular weight is 501 g/mol. The first-order valence-corrected chi connectivity index (χ1v) is 11.7. The first-order valence-electron chi connectivity index (χ1n) is 10.1. The Balaban J connectivity index is 0.000000588. The molecule has 186 valence electrons. The van der Waals surface area contributed by atoms with Gasteiger partial charge >= 0.3 is 13.8 Å². The van der Waals surface area contributed by atoms with Crippen molar-refractivity contribution in [2.24, 2.45) is 16.3 Å². The largest absolute Gasteiger partial charge is 0.477 e. The number of anilines is 1. The van der Waals surface area contributed by atoms with Crippen LogP contribution < -0.4 is 16.1 Å². The molecule has 4 rings (SSSR count). The number of nitrogens with two attached hydrogens (primary N) is 1. The zero-order valence-corrected chi connectivity index (χ0v) is 19.3. The van der Waals surface area contributed by atoms with Gasteiger partial charge in [-0.3, -0.25) is 4.79 Å². The van der Waals surface area contributed by atoms with Crippen LogP contribution in [-0.2, 0) is 9.40 Å². The summed E-state index contributed by atoms with van der Waals surface area (Å²) < 4.78 is 25.6. The Labute approximate surface area is 192 Å². The van der Waals surface area contributed by atoms with E-state index in [4.69, 9.17) is 29.8 Å². The lowest BCUT2D eigenvalue weighted by atomic mass is 9.88. The molecule has 1 atom stereocenters. The molecule has 2 fully saturated rings. The number of phosphoric acid groups is 1. The molecular formula is C19H25FN5O8P. The maximum atomic E-state index is 15.0. The van der Waals surface area contributed by atoms with Crippen LogP contribution in [0.25, 0.3) is 11.0 Å². The van der Waals surface area contributed by atoms with E-state index < -0.39 is 30.5 Å². The molecule has 2 aromatic rings. The van der Waals surface area contributed by atoms with Crippen molar-refractivity contribution < 1.29 is 38.4 Å². The maximum absolute atomic E-state index is 15.0. The number of hydrogen-bond acceptors (Lipinski definition) is 8. The Kier molecular flexibility index (Phi) is 7.10. The Bertz CT molecular complexity index is 1250. The standard InChI is InChI=1S/C19H22FN5O4.H3O4P/c1-19(8-21)9-24(7-14(19)23-29-2)17-13(20)5-11-15(26)12(18(27)28)6-25(10-3-4-10)16(11)22-17;1-5(2,3)4/h5-6,10H,3-4,7-9,21H2,1-2H3,(H,27,28);(H3,1,2,3,4)/b23-14-;/t19-;/m1./s1. The fourth-order valence-electron chi connectivity index (χ4n) is 3.76. The second-order valence-electron chi connectivity index (χ2n) is 8.34. The summed E-state index contributed by atoms with van der Waals surface area (Å²) in [7, 11) is -3.20. The second-order valence-corrected chi connectivity index (χ2v) is 9.36. The van der Waals surface area contributed by atoms with Gasteiger partial charge in [-0.05, 0) is 18.9 Å². The van der Waals surface area contributed by atoms with Gasteiger partial charge in [0.25, 0.3) is 0 Å². The van der Waals surface area contributed by atoms with E-state index >= 15 is 0 Å². The zero-order chi connectivity index (χ0) is 25.4. The van der Waals surface area contributed by atoms with Gasteiger partial charge < -0.3 is 39.8 Å². The van der Waals surface area contributed by atoms with Crippen LogP contribution in [0.2, 0.25) is 0 Å². The molecule has 6 N–H and O–H groups in total. The molecule has 0 bridgehead atoms. The van der Waals surface area contributed by atoms with Crippen LogP contribution >= 0.6 is 7.82 Å². The minimum absolute atomic E-state index is 0.0374. The number of nitrogens with zero attached hydrogens (tertiary/aromatic N) is 4. The third-order valence-corrected chi connectivity index (χ3v) is 5.64. The van der Waals surface area contributed by atoms with E-state index in [2.05, 4.69) is 10.1 Å². The molecule has 2 aromatic heterocycles. The number of rotatable bonds is 5. The third kappa shape index (κ3) is 5.42. The van der Waals surface area contributed by atoms with Gasteiger partial charge in [0.1, 0.15) is 18.3 Å². The molecule has 0 spiro atoms. The molecule has 0 amide bonds. The number of halogens is 1. The summed E-state index contributed by atoms with van der Waals surface area (Å²) in [5.41, 5.74) is 5.26. The van der Waals surface area contributed by atoms with Crippen LogP contribution in [0.3, 0.4) is 0 Å². The topological polar surface area (TPSA) is 201 Å². The highest BCUT2D eigenvalue weighted by atomic mass is 31.2. The molecule has 15 heteroatoms. The van der Waals surface area contributed by atoms with Gasteiger partial charge in [0.2, 0.25) is 5.43 Å². The summed E-state index contributed by atoms with van der Waals surface area (Å²) >= 11 is 0. The van der Waals surface area contributed by atoms with E-state index in [-0.39, 0.29) is 35.0 Å². The van der Waals surface area contributed by atoms with Crippen LogP contribution in [0.1, 0.15) is 36.2 Å². The van der Waals surface area contributed by atoms with Crippen molar-refractivity contribution in [3.05, 3.63) is 33.9 Å². The molecule has 1 saturated carbocycles. The average Bonchev–Trinajstić information content (AvgIpc) is 3.51. The van der Waals surface area contributed by atoms with E-state index in [1.807, 2.05) is 6.92 Å². The highest BCUT2D eigenvalue weighted by Gasteiger charge is 2.41. The first kappa shape index (κ1) is 25.7. The number of carboxylic acid groups (broad SMARTS) is 1. The van der Waals surface area contributed by atoms with Gasteiger partial charge in [0.05, 0.1) is 17.6 Å². The summed E-state index contributed by atoms with van der Waals surface area (Å²) in [4.78, 5) is 56.7. The number of carbonyl (C=O) groups is 1. The van der Waals surface area contributed by atoms with E-state index in [0.29, 0.717) is 18.8 Å². The van der Waals surface area contributed by atoms with Crippen molar-refractivity contribution in [3.63, 3.8) is 0 Å². The van der Waals surface area contributed by atoms with Gasteiger partial charge in [-0.15, -0.1) is 0 Å². The predicted molar refractivity (Wildman–Crippen MR) is 119 cm³/mol. The monoisotopic (exact) mass is 501 g/mol. The van der Waals surface area contributed by atoms with Crippen LogP contribution in [-0.4, -0.2) is 67.8 Å². The van der Waals surface area contributed by atoms with Crippen LogP contribution in [0.5, 0.6) is 0 Å². The molecule has 3 heterocycles. The van der Waals surface area contributed by atoms with Gasteiger partial charge in [-0.2, -0.15) is 0 Å². The van der Waals surface area contributed by atoms with E-state index in [9.17, 15) is 19.1 Å². The highest BCUT2D eigenvalue weighted by molar-refractivity contribution is 7.45. The molecule has 2 aliphatic rings. The highest BCUT2D eigenvalue weighted by Crippen LogP contribution is 2.38. The van der Waals surface area contributed by atoms with Crippen LogP contribution in [0.4, 0.5) is 10.2 Å². The van der Waals surface area contributed by atoms with E-state index in [1.54, 1.807) is 9.47 Å². The minimum Gasteiger partial charge on any atom is -0.477 e. The quantitative estimate of drug-likeness (QED) is 0.281. The van der Waals surface area contributed by atoms with Crippen molar-refractivity contribution in [2.75, 3.05) is 31.6 Å². The summed E-state index contributed by atoms with van der Waals surface area (Å²) in [5.74, 6) is -1.96. The molecule has 0 unspecified atom stereocenters. The summed E-state index contributed by atoms with van der Waals surface area (Å²) in [5, 5.41) is 13.3. The lowest BCUT2D eigenvalue weighted by molar-refractivity contribution is 0.0694.